The maximum Gasteiger partial charge on any atom is 0.292 e. The molecule has 0 radical (unpaired) electrons. The van der Waals surface area contributed by atoms with Crippen molar-refractivity contribution in [2.45, 2.75) is 24.8 Å². The zero-order chi connectivity index (χ0) is 11.6. The maximum absolute atomic E-state index is 10.8. The molecule has 0 spiro atoms. The van der Waals surface area contributed by atoms with Crippen molar-refractivity contribution in [3.63, 3.8) is 0 Å². The first-order chi connectivity index (χ1) is 7.67. The van der Waals surface area contributed by atoms with Gasteiger partial charge in [0.25, 0.3) is 5.69 Å². The molecule has 1 aromatic rings. The average Bonchev–Trinajstić information content (AvgIpc) is 2.24. The molecule has 0 aliphatic heterocycles. The number of para-hydroxylation sites is 2. The molecule has 1 fully saturated rings. The lowest BCUT2D eigenvalue weighted by Crippen LogP contribution is -2.48. The van der Waals surface area contributed by atoms with Crippen molar-refractivity contribution in [3.8, 4) is 0 Å². The molecule has 0 amide bonds. The number of benzene rings is 1. The molecule has 1 aliphatic rings. The SMILES string of the molecule is O=[N+]([O-])c1ccccc1NC1(CO)CCC1. The number of rotatable bonds is 4. The van der Waals surface area contributed by atoms with Gasteiger partial charge in [-0.15, -0.1) is 0 Å². The van der Waals surface area contributed by atoms with E-state index in [0.717, 1.165) is 19.3 Å². The molecule has 5 heteroatoms. The summed E-state index contributed by atoms with van der Waals surface area (Å²) in [6, 6.07) is 6.52. The highest BCUT2D eigenvalue weighted by atomic mass is 16.6. The van der Waals surface area contributed by atoms with Gasteiger partial charge in [0.2, 0.25) is 0 Å². The quantitative estimate of drug-likeness (QED) is 0.602. The summed E-state index contributed by atoms with van der Waals surface area (Å²) in [6.45, 7) is 0.0129. The molecule has 5 nitrogen and oxygen atoms in total. The van der Waals surface area contributed by atoms with Gasteiger partial charge in [-0.25, -0.2) is 0 Å². The molecule has 0 atom stereocenters. The van der Waals surface area contributed by atoms with E-state index >= 15 is 0 Å². The van der Waals surface area contributed by atoms with E-state index in [4.69, 9.17) is 0 Å². The number of nitrogens with one attached hydrogen (secondary N) is 1. The van der Waals surface area contributed by atoms with Crippen LogP contribution in [0.5, 0.6) is 0 Å². The summed E-state index contributed by atoms with van der Waals surface area (Å²) in [5, 5.41) is 23.2. The van der Waals surface area contributed by atoms with E-state index < -0.39 is 4.92 Å². The summed E-state index contributed by atoms with van der Waals surface area (Å²) in [4.78, 5) is 10.4. The molecule has 0 heterocycles. The van der Waals surface area contributed by atoms with Crippen molar-refractivity contribution < 1.29 is 10.0 Å². The van der Waals surface area contributed by atoms with Gasteiger partial charge in [0.1, 0.15) is 5.69 Å². The maximum atomic E-state index is 10.8. The van der Waals surface area contributed by atoms with Crippen LogP contribution in [0.25, 0.3) is 0 Å². The lowest BCUT2D eigenvalue weighted by Gasteiger charge is -2.41. The Labute approximate surface area is 93.2 Å². The Bertz CT molecular complexity index is 396. The van der Waals surface area contributed by atoms with Gasteiger partial charge >= 0.3 is 0 Å². The van der Waals surface area contributed by atoms with E-state index in [9.17, 15) is 15.2 Å². The van der Waals surface area contributed by atoms with E-state index in [2.05, 4.69) is 5.32 Å². The zero-order valence-electron chi connectivity index (χ0n) is 8.85. The molecule has 86 valence electrons. The van der Waals surface area contributed by atoms with E-state index in [1.165, 1.54) is 6.07 Å². The molecular formula is C11H14N2O3. The van der Waals surface area contributed by atoms with Crippen LogP contribution in [0.2, 0.25) is 0 Å². The molecule has 0 unspecified atom stereocenters. The van der Waals surface area contributed by atoms with Crippen molar-refractivity contribution in [2.24, 2.45) is 0 Å². The van der Waals surface area contributed by atoms with Crippen LogP contribution in [0.3, 0.4) is 0 Å². The molecular weight excluding hydrogens is 208 g/mol. The van der Waals surface area contributed by atoms with Crippen LogP contribution in [0.4, 0.5) is 11.4 Å². The molecule has 0 aromatic heterocycles. The summed E-state index contributed by atoms with van der Waals surface area (Å²) in [7, 11) is 0. The van der Waals surface area contributed by atoms with Crippen LogP contribution in [-0.2, 0) is 0 Å². The molecule has 16 heavy (non-hydrogen) atoms. The van der Waals surface area contributed by atoms with Crippen molar-refractivity contribution in [2.75, 3.05) is 11.9 Å². The number of anilines is 1. The number of nitro groups is 1. The lowest BCUT2D eigenvalue weighted by atomic mass is 9.77. The van der Waals surface area contributed by atoms with E-state index in [1.807, 2.05) is 0 Å². The fourth-order valence-corrected chi connectivity index (χ4v) is 1.95. The summed E-state index contributed by atoms with van der Waals surface area (Å²) >= 11 is 0. The van der Waals surface area contributed by atoms with Gasteiger partial charge in [0.05, 0.1) is 17.1 Å². The van der Waals surface area contributed by atoms with E-state index in [0.29, 0.717) is 5.69 Å². The summed E-state index contributed by atoms with van der Waals surface area (Å²) < 4.78 is 0. The molecule has 1 aliphatic carbocycles. The van der Waals surface area contributed by atoms with E-state index in [-0.39, 0.29) is 17.8 Å². The van der Waals surface area contributed by atoms with E-state index in [1.54, 1.807) is 18.2 Å². The second-order valence-corrected chi connectivity index (χ2v) is 4.19. The minimum Gasteiger partial charge on any atom is -0.394 e. The molecule has 2 rings (SSSR count). The van der Waals surface area contributed by atoms with Crippen molar-refractivity contribution in [1.29, 1.82) is 0 Å². The van der Waals surface area contributed by atoms with Crippen molar-refractivity contribution in [3.05, 3.63) is 34.4 Å². The minimum atomic E-state index is -0.411. The summed E-state index contributed by atoms with van der Waals surface area (Å²) in [6.07, 6.45) is 2.76. The normalized spacial score (nSPS) is 17.6. The number of aliphatic hydroxyl groups is 1. The fourth-order valence-electron chi connectivity index (χ4n) is 1.95. The van der Waals surface area contributed by atoms with Gasteiger partial charge in [0, 0.05) is 6.07 Å². The second kappa shape index (κ2) is 4.09. The molecule has 2 N–H and O–H groups in total. The predicted molar refractivity (Wildman–Crippen MR) is 60.4 cm³/mol. The number of nitrogens with zero attached hydrogens (tertiary/aromatic N) is 1. The minimum absolute atomic E-state index is 0.0129. The van der Waals surface area contributed by atoms with Gasteiger partial charge in [-0.1, -0.05) is 12.1 Å². The predicted octanol–water partition coefficient (Wildman–Crippen LogP) is 1.92. The van der Waals surface area contributed by atoms with Crippen molar-refractivity contribution >= 4 is 11.4 Å². The number of hydrogen-bond donors (Lipinski definition) is 2. The van der Waals surface area contributed by atoms with Crippen LogP contribution >= 0.6 is 0 Å². The Morgan fingerprint density at radius 2 is 2.12 bits per heavy atom. The van der Waals surface area contributed by atoms with Gasteiger partial charge < -0.3 is 10.4 Å². The average molecular weight is 222 g/mol. The fraction of sp³-hybridized carbons (Fsp3) is 0.455. The second-order valence-electron chi connectivity index (χ2n) is 4.19. The standard InChI is InChI=1S/C11H14N2O3/c14-8-11(6-3-7-11)12-9-4-1-2-5-10(9)13(15)16/h1-2,4-5,12,14H,3,6-8H2. The highest BCUT2D eigenvalue weighted by Crippen LogP contribution is 2.37. The Balaban J connectivity index is 2.23. The third-order valence-corrected chi connectivity index (χ3v) is 3.11. The van der Waals surface area contributed by atoms with Crippen LogP contribution in [0.1, 0.15) is 19.3 Å². The number of aliphatic hydroxyl groups excluding tert-OH is 1. The molecule has 1 saturated carbocycles. The number of hydrogen-bond acceptors (Lipinski definition) is 4. The largest absolute Gasteiger partial charge is 0.394 e. The third-order valence-electron chi connectivity index (χ3n) is 3.11. The summed E-state index contributed by atoms with van der Waals surface area (Å²) in [5.74, 6) is 0. The first-order valence-corrected chi connectivity index (χ1v) is 5.29. The van der Waals surface area contributed by atoms with Crippen LogP contribution < -0.4 is 5.32 Å². The first-order valence-electron chi connectivity index (χ1n) is 5.29. The Morgan fingerprint density at radius 3 is 2.62 bits per heavy atom. The summed E-state index contributed by atoms with van der Waals surface area (Å²) in [5.41, 5.74) is 0.190. The molecule has 0 saturated heterocycles. The Hall–Kier alpha value is -1.62. The highest BCUT2D eigenvalue weighted by Gasteiger charge is 2.37. The number of nitro benzene ring substituents is 1. The topological polar surface area (TPSA) is 75.4 Å². The third kappa shape index (κ3) is 1.86. The Morgan fingerprint density at radius 1 is 1.44 bits per heavy atom. The van der Waals surface area contributed by atoms with Crippen LogP contribution in [0.15, 0.2) is 24.3 Å². The van der Waals surface area contributed by atoms with Gasteiger partial charge in [-0.05, 0) is 25.3 Å². The van der Waals surface area contributed by atoms with Crippen molar-refractivity contribution in [1.82, 2.24) is 0 Å². The lowest BCUT2D eigenvalue weighted by molar-refractivity contribution is -0.384. The molecule has 0 bridgehead atoms. The molecule has 1 aromatic carbocycles. The zero-order valence-corrected chi connectivity index (χ0v) is 8.85. The first kappa shape index (κ1) is 10.9. The van der Waals surface area contributed by atoms with Crippen LogP contribution in [0, 0.1) is 10.1 Å². The highest BCUT2D eigenvalue weighted by molar-refractivity contribution is 5.62. The van der Waals surface area contributed by atoms with Gasteiger partial charge in [-0.2, -0.15) is 0 Å². The van der Waals surface area contributed by atoms with Crippen LogP contribution in [-0.4, -0.2) is 22.2 Å². The monoisotopic (exact) mass is 222 g/mol. The van der Waals surface area contributed by atoms with Gasteiger partial charge in [0.15, 0.2) is 0 Å². The smallest absolute Gasteiger partial charge is 0.292 e. The van der Waals surface area contributed by atoms with Gasteiger partial charge in [-0.3, -0.25) is 10.1 Å². The Kier molecular flexibility index (Phi) is 2.78.